The van der Waals surface area contributed by atoms with Gasteiger partial charge in [0.1, 0.15) is 12.3 Å². The number of anilines is 1. The number of nitrogens with one attached hydrogen (secondary N) is 1. The molecule has 0 saturated heterocycles. The van der Waals surface area contributed by atoms with Crippen LogP contribution in [0.1, 0.15) is 11.3 Å². The Balaban J connectivity index is 1.57. The van der Waals surface area contributed by atoms with Crippen LogP contribution >= 0.6 is 23.4 Å². The average Bonchev–Trinajstić information content (AvgIpc) is 3.23. The number of furan rings is 1. The van der Waals surface area contributed by atoms with Gasteiger partial charge in [-0.15, -0.1) is 11.8 Å². The van der Waals surface area contributed by atoms with E-state index in [1.165, 1.54) is 16.7 Å². The fourth-order valence-corrected chi connectivity index (χ4v) is 3.66. The predicted molar refractivity (Wildman–Crippen MR) is 117 cm³/mol. The van der Waals surface area contributed by atoms with Crippen molar-refractivity contribution in [2.75, 3.05) is 17.6 Å². The molecule has 0 atom stereocenters. The number of rotatable bonds is 9. The highest BCUT2D eigenvalue weighted by atomic mass is 35.5. The van der Waals surface area contributed by atoms with Crippen LogP contribution in [-0.4, -0.2) is 29.0 Å². The fourth-order valence-electron chi connectivity index (χ4n) is 2.65. The molecular weight excluding hydrogens is 408 g/mol. The van der Waals surface area contributed by atoms with Crippen LogP contribution in [0.15, 0.2) is 77.4 Å². The van der Waals surface area contributed by atoms with Crippen molar-refractivity contribution in [3.8, 4) is 0 Å². The van der Waals surface area contributed by atoms with E-state index in [-0.39, 0.29) is 30.7 Å². The Morgan fingerprint density at radius 1 is 1.00 bits per heavy atom. The number of hydrogen-bond acceptors (Lipinski definition) is 4. The topological polar surface area (TPSA) is 62.6 Å². The Labute approximate surface area is 179 Å². The number of halogens is 1. The molecule has 1 N–H and O–H groups in total. The van der Waals surface area contributed by atoms with Crippen LogP contribution in [-0.2, 0) is 21.9 Å². The molecule has 0 aliphatic rings. The summed E-state index contributed by atoms with van der Waals surface area (Å²) in [5.41, 5.74) is 1.78. The van der Waals surface area contributed by atoms with E-state index in [2.05, 4.69) is 5.32 Å². The van der Waals surface area contributed by atoms with Crippen molar-refractivity contribution in [2.45, 2.75) is 12.3 Å². The summed E-state index contributed by atoms with van der Waals surface area (Å²) in [7, 11) is 0. The second-order valence-corrected chi connectivity index (χ2v) is 7.78. The van der Waals surface area contributed by atoms with E-state index < -0.39 is 0 Å². The molecule has 3 aromatic rings. The molecule has 150 valence electrons. The number of carbonyl (C=O) groups is 2. The molecule has 1 heterocycles. The highest BCUT2D eigenvalue weighted by Gasteiger charge is 2.19. The summed E-state index contributed by atoms with van der Waals surface area (Å²) in [5, 5.41) is 3.50. The first-order chi connectivity index (χ1) is 14.1. The van der Waals surface area contributed by atoms with Crippen LogP contribution < -0.4 is 5.32 Å². The van der Waals surface area contributed by atoms with Gasteiger partial charge in [-0.2, -0.15) is 0 Å². The van der Waals surface area contributed by atoms with Crippen molar-refractivity contribution < 1.29 is 14.0 Å². The molecule has 0 saturated carbocycles. The van der Waals surface area contributed by atoms with Gasteiger partial charge in [0.25, 0.3) is 0 Å². The molecule has 2 amide bonds. The van der Waals surface area contributed by atoms with Crippen LogP contribution in [0.25, 0.3) is 0 Å². The molecule has 0 bridgehead atoms. The molecule has 3 rings (SSSR count). The standard InChI is InChI=1S/C22H21ClN2O3S/c23-18-10-8-17(9-11-18)15-29-16-22(27)25(13-20-7-4-12-28-20)14-21(26)24-19-5-2-1-3-6-19/h1-12H,13-16H2,(H,24,26). The van der Waals surface area contributed by atoms with E-state index in [1.807, 2.05) is 42.5 Å². The third kappa shape index (κ3) is 7.00. The third-order valence-electron chi connectivity index (χ3n) is 4.08. The van der Waals surface area contributed by atoms with E-state index in [1.54, 1.807) is 30.5 Å². The highest BCUT2D eigenvalue weighted by molar-refractivity contribution is 7.99. The quantitative estimate of drug-likeness (QED) is 0.530. The van der Waals surface area contributed by atoms with E-state index >= 15 is 0 Å². The second-order valence-electron chi connectivity index (χ2n) is 6.36. The molecule has 7 heteroatoms. The first-order valence-corrected chi connectivity index (χ1v) is 10.6. The van der Waals surface area contributed by atoms with Gasteiger partial charge in [0.05, 0.1) is 18.6 Å². The maximum atomic E-state index is 12.8. The van der Waals surface area contributed by atoms with Gasteiger partial charge in [-0.05, 0) is 42.0 Å². The third-order valence-corrected chi connectivity index (χ3v) is 5.32. The van der Waals surface area contributed by atoms with Gasteiger partial charge in [0, 0.05) is 16.5 Å². The van der Waals surface area contributed by atoms with Crippen LogP contribution in [0.5, 0.6) is 0 Å². The molecule has 29 heavy (non-hydrogen) atoms. The minimum absolute atomic E-state index is 0.0457. The molecule has 2 aromatic carbocycles. The van der Waals surface area contributed by atoms with Crippen molar-refractivity contribution in [1.29, 1.82) is 0 Å². The molecule has 0 aliphatic heterocycles. The van der Waals surface area contributed by atoms with Crippen LogP contribution in [0.3, 0.4) is 0 Å². The zero-order valence-corrected chi connectivity index (χ0v) is 17.3. The minimum Gasteiger partial charge on any atom is -0.467 e. The summed E-state index contributed by atoms with van der Waals surface area (Å²) < 4.78 is 5.35. The molecular formula is C22H21ClN2O3S. The zero-order chi connectivity index (χ0) is 20.5. The summed E-state index contributed by atoms with van der Waals surface area (Å²) in [6.07, 6.45) is 1.55. The van der Waals surface area contributed by atoms with E-state index in [4.69, 9.17) is 16.0 Å². The van der Waals surface area contributed by atoms with Gasteiger partial charge in [0.15, 0.2) is 0 Å². The zero-order valence-electron chi connectivity index (χ0n) is 15.7. The van der Waals surface area contributed by atoms with Crippen molar-refractivity contribution in [1.82, 2.24) is 4.90 Å². The van der Waals surface area contributed by atoms with Gasteiger partial charge in [-0.3, -0.25) is 9.59 Å². The lowest BCUT2D eigenvalue weighted by Crippen LogP contribution is -2.38. The lowest BCUT2D eigenvalue weighted by Gasteiger charge is -2.21. The van der Waals surface area contributed by atoms with E-state index in [9.17, 15) is 9.59 Å². The number of carbonyl (C=O) groups excluding carboxylic acids is 2. The van der Waals surface area contributed by atoms with Gasteiger partial charge in [-0.1, -0.05) is 41.9 Å². The number of benzene rings is 2. The van der Waals surface area contributed by atoms with Crippen LogP contribution in [0, 0.1) is 0 Å². The van der Waals surface area contributed by atoms with E-state index in [0.29, 0.717) is 22.2 Å². The summed E-state index contributed by atoms with van der Waals surface area (Å²) >= 11 is 7.39. The molecule has 1 aromatic heterocycles. The van der Waals surface area contributed by atoms with Gasteiger partial charge < -0.3 is 14.6 Å². The largest absolute Gasteiger partial charge is 0.467 e. The Bertz CT molecular complexity index is 915. The molecule has 0 fully saturated rings. The summed E-state index contributed by atoms with van der Waals surface area (Å²) in [4.78, 5) is 26.7. The van der Waals surface area contributed by atoms with Crippen molar-refractivity contribution >= 4 is 40.9 Å². The van der Waals surface area contributed by atoms with Crippen molar-refractivity contribution in [2.24, 2.45) is 0 Å². The van der Waals surface area contributed by atoms with Gasteiger partial charge in [0.2, 0.25) is 11.8 Å². The first kappa shape index (κ1) is 21.0. The molecule has 0 radical (unpaired) electrons. The monoisotopic (exact) mass is 428 g/mol. The average molecular weight is 429 g/mol. The Morgan fingerprint density at radius 3 is 2.45 bits per heavy atom. The summed E-state index contributed by atoms with van der Waals surface area (Å²) in [6, 6.07) is 20.3. The predicted octanol–water partition coefficient (Wildman–Crippen LogP) is 4.83. The molecule has 5 nitrogen and oxygen atoms in total. The number of hydrogen-bond donors (Lipinski definition) is 1. The SMILES string of the molecule is O=C(CN(Cc1ccco1)C(=O)CSCc1ccc(Cl)cc1)Nc1ccccc1. The lowest BCUT2D eigenvalue weighted by molar-refractivity contribution is -0.133. The van der Waals surface area contributed by atoms with Crippen LogP contribution in [0.4, 0.5) is 5.69 Å². The fraction of sp³-hybridized carbons (Fsp3) is 0.182. The smallest absolute Gasteiger partial charge is 0.244 e. The normalized spacial score (nSPS) is 10.5. The Hall–Kier alpha value is -2.70. The highest BCUT2D eigenvalue weighted by Crippen LogP contribution is 2.17. The van der Waals surface area contributed by atoms with Gasteiger partial charge >= 0.3 is 0 Å². The van der Waals surface area contributed by atoms with Crippen molar-refractivity contribution in [3.63, 3.8) is 0 Å². The molecule has 0 aliphatic carbocycles. The number of para-hydroxylation sites is 1. The Morgan fingerprint density at radius 2 is 1.76 bits per heavy atom. The lowest BCUT2D eigenvalue weighted by atomic mass is 10.2. The summed E-state index contributed by atoms with van der Waals surface area (Å²) in [5.74, 6) is 1.21. The maximum absolute atomic E-state index is 12.8. The van der Waals surface area contributed by atoms with Crippen molar-refractivity contribution in [3.05, 3.63) is 89.3 Å². The van der Waals surface area contributed by atoms with E-state index in [0.717, 1.165) is 5.56 Å². The van der Waals surface area contributed by atoms with Gasteiger partial charge in [-0.25, -0.2) is 0 Å². The van der Waals surface area contributed by atoms with Crippen LogP contribution in [0.2, 0.25) is 5.02 Å². The number of amides is 2. The Kier molecular flexibility index (Phi) is 7.78. The summed E-state index contributed by atoms with van der Waals surface area (Å²) in [6.45, 7) is 0.200. The number of nitrogens with zero attached hydrogens (tertiary/aromatic N) is 1. The minimum atomic E-state index is -0.251. The first-order valence-electron chi connectivity index (χ1n) is 9.07. The maximum Gasteiger partial charge on any atom is 0.244 e. The molecule has 0 spiro atoms. The second kappa shape index (κ2) is 10.7. The number of thioether (sulfide) groups is 1. The molecule has 0 unspecified atom stereocenters.